The van der Waals surface area contributed by atoms with Crippen LogP contribution in [0.3, 0.4) is 0 Å². The topological polar surface area (TPSA) is 0 Å². The van der Waals surface area contributed by atoms with Crippen LogP contribution in [0.5, 0.6) is 0 Å². The van der Waals surface area contributed by atoms with Gasteiger partial charge in [-0.25, -0.2) is 0 Å². The summed E-state index contributed by atoms with van der Waals surface area (Å²) in [7, 11) is 0. The second-order valence-electron chi connectivity index (χ2n) is 4.06. The van der Waals surface area contributed by atoms with Gasteiger partial charge in [0.2, 0.25) is 0 Å². The van der Waals surface area contributed by atoms with Gasteiger partial charge >= 0.3 is 0 Å². The lowest BCUT2D eigenvalue weighted by atomic mass is 9.96. The number of rotatable bonds is 0. The summed E-state index contributed by atoms with van der Waals surface area (Å²) in [5, 5.41) is 6.39. The molecule has 0 amide bonds. The van der Waals surface area contributed by atoms with Crippen LogP contribution in [-0.4, -0.2) is 0 Å². The van der Waals surface area contributed by atoms with E-state index in [1.807, 2.05) is 13.8 Å². The average molecular weight is 222 g/mol. The fourth-order valence-electron chi connectivity index (χ4n) is 2.34. The highest BCUT2D eigenvalue weighted by Gasteiger charge is 2.03. The molecule has 0 heteroatoms. The molecule has 3 aromatic carbocycles. The second kappa shape index (κ2) is 4.58. The van der Waals surface area contributed by atoms with Crippen LogP contribution in [0, 0.1) is 6.92 Å². The van der Waals surface area contributed by atoms with Gasteiger partial charge in [0.05, 0.1) is 0 Å². The maximum Gasteiger partial charge on any atom is -0.00304 e. The highest BCUT2D eigenvalue weighted by Crippen LogP contribution is 2.26. The van der Waals surface area contributed by atoms with Crippen molar-refractivity contribution in [1.29, 1.82) is 0 Å². The van der Waals surface area contributed by atoms with E-state index in [1.54, 1.807) is 0 Å². The molecule has 0 radical (unpaired) electrons. The lowest BCUT2D eigenvalue weighted by Gasteiger charge is -2.08. The minimum Gasteiger partial charge on any atom is -0.0911 e. The summed E-state index contributed by atoms with van der Waals surface area (Å²) in [6.07, 6.45) is 0. The minimum absolute atomic E-state index is 1.12. The van der Waals surface area contributed by atoms with Crippen LogP contribution < -0.4 is 5.22 Å². The van der Waals surface area contributed by atoms with Crippen molar-refractivity contribution in [3.05, 3.63) is 53.2 Å². The van der Waals surface area contributed by atoms with Gasteiger partial charge in [0.1, 0.15) is 0 Å². The van der Waals surface area contributed by atoms with E-state index in [0.29, 0.717) is 0 Å². The van der Waals surface area contributed by atoms with Gasteiger partial charge in [-0.05, 0) is 39.3 Å². The van der Waals surface area contributed by atoms with Crippen LogP contribution in [0.1, 0.15) is 19.4 Å². The van der Waals surface area contributed by atoms with Crippen molar-refractivity contribution in [2.75, 3.05) is 0 Å². The molecule has 0 aliphatic carbocycles. The summed E-state index contributed by atoms with van der Waals surface area (Å²) in [6, 6.07) is 15.0. The van der Waals surface area contributed by atoms with E-state index in [-0.39, 0.29) is 0 Å². The Morgan fingerprint density at radius 3 is 2.00 bits per heavy atom. The van der Waals surface area contributed by atoms with Gasteiger partial charge in [-0.1, -0.05) is 62.9 Å². The molecule has 0 saturated heterocycles. The van der Waals surface area contributed by atoms with Gasteiger partial charge in [-0.15, -0.1) is 0 Å². The molecular formula is C17H18. The summed E-state index contributed by atoms with van der Waals surface area (Å²) < 4.78 is 0. The Labute approximate surface area is 103 Å². The third-order valence-corrected chi connectivity index (χ3v) is 3.07. The Kier molecular flexibility index (Phi) is 3.14. The lowest BCUT2D eigenvalue weighted by Crippen LogP contribution is -2.00. The molecule has 0 spiro atoms. The van der Waals surface area contributed by atoms with Gasteiger partial charge in [0.15, 0.2) is 0 Å². The molecule has 0 atom stereocenters. The molecule has 0 nitrogen and oxygen atoms in total. The molecule has 0 fully saturated rings. The highest BCUT2D eigenvalue weighted by atomic mass is 14.1. The first-order valence-electron chi connectivity index (χ1n) is 6.17. The number of hydrogen-bond donors (Lipinski definition) is 0. The molecule has 0 bridgehead atoms. The predicted octanol–water partition coefficient (Wildman–Crippen LogP) is 4.46. The van der Waals surface area contributed by atoms with Crippen molar-refractivity contribution < 1.29 is 0 Å². The molecular weight excluding hydrogens is 204 g/mol. The molecule has 0 N–H and O–H groups in total. The minimum atomic E-state index is 1.12. The largest absolute Gasteiger partial charge is 0.0911 e. The van der Waals surface area contributed by atoms with E-state index in [1.165, 1.54) is 27.1 Å². The van der Waals surface area contributed by atoms with E-state index in [4.69, 9.17) is 0 Å². The van der Waals surface area contributed by atoms with Gasteiger partial charge in [0.25, 0.3) is 0 Å². The summed E-state index contributed by atoms with van der Waals surface area (Å²) in [5.41, 5.74) is 1.31. The van der Waals surface area contributed by atoms with E-state index >= 15 is 0 Å². The van der Waals surface area contributed by atoms with E-state index < -0.39 is 0 Å². The summed E-state index contributed by atoms with van der Waals surface area (Å²) in [5.74, 6) is 0. The van der Waals surface area contributed by atoms with Crippen molar-refractivity contribution in [2.45, 2.75) is 20.8 Å². The molecule has 3 aromatic rings. The van der Waals surface area contributed by atoms with Crippen molar-refractivity contribution in [3.8, 4) is 0 Å². The van der Waals surface area contributed by atoms with Gasteiger partial charge < -0.3 is 0 Å². The van der Waals surface area contributed by atoms with Crippen LogP contribution in [0.2, 0.25) is 0 Å². The van der Waals surface area contributed by atoms with E-state index in [0.717, 1.165) is 5.22 Å². The number of benzene rings is 3. The van der Waals surface area contributed by atoms with Crippen LogP contribution >= 0.6 is 0 Å². The van der Waals surface area contributed by atoms with Crippen molar-refractivity contribution in [3.63, 3.8) is 0 Å². The molecule has 0 aromatic heterocycles. The van der Waals surface area contributed by atoms with Crippen molar-refractivity contribution >= 4 is 28.1 Å². The second-order valence-corrected chi connectivity index (χ2v) is 4.06. The van der Waals surface area contributed by atoms with Crippen LogP contribution in [0.15, 0.2) is 42.5 Å². The standard InChI is InChI=1S/C15H12.C2H6/c1-10-6-8-12-4-3-5-13-9-7-11(2)14(10)15(12)13;1-2/h3-9H,1H2,2H3;1-2H3. The molecule has 86 valence electrons. The molecule has 0 heterocycles. The zero-order chi connectivity index (χ0) is 12.4. The fourth-order valence-corrected chi connectivity index (χ4v) is 2.34. The molecule has 0 aliphatic heterocycles. The van der Waals surface area contributed by atoms with Crippen LogP contribution in [0.25, 0.3) is 28.1 Å². The third-order valence-electron chi connectivity index (χ3n) is 3.07. The van der Waals surface area contributed by atoms with Gasteiger partial charge in [-0.2, -0.15) is 0 Å². The van der Waals surface area contributed by atoms with Crippen LogP contribution in [-0.2, 0) is 0 Å². The quantitative estimate of drug-likeness (QED) is 0.527. The fraction of sp³-hybridized carbons (Fsp3) is 0.176. The Bertz CT molecular complexity index is 677. The Morgan fingerprint density at radius 1 is 0.765 bits per heavy atom. The molecule has 0 saturated carbocycles. The monoisotopic (exact) mass is 222 g/mol. The summed E-state index contributed by atoms with van der Waals surface area (Å²) >= 11 is 0. The zero-order valence-electron chi connectivity index (χ0n) is 10.7. The molecule has 0 unspecified atom stereocenters. The van der Waals surface area contributed by atoms with Gasteiger partial charge in [-0.3, -0.25) is 0 Å². The first-order valence-corrected chi connectivity index (χ1v) is 6.17. The Balaban J connectivity index is 0.000000514. The summed E-state index contributed by atoms with van der Waals surface area (Å²) in [6.45, 7) is 10.3. The van der Waals surface area contributed by atoms with Crippen molar-refractivity contribution in [1.82, 2.24) is 0 Å². The normalized spacial score (nSPS) is 10.3. The highest BCUT2D eigenvalue weighted by molar-refractivity contribution is 6.11. The first-order chi connectivity index (χ1) is 8.27. The Hall–Kier alpha value is -1.82. The van der Waals surface area contributed by atoms with Gasteiger partial charge in [0, 0.05) is 0 Å². The van der Waals surface area contributed by atoms with E-state index in [2.05, 4.69) is 56.0 Å². The maximum atomic E-state index is 4.11. The molecule has 3 rings (SSSR count). The number of aryl methyl sites for hydroxylation is 1. The zero-order valence-corrected chi connectivity index (χ0v) is 10.7. The number of hydrogen-bond acceptors (Lipinski definition) is 0. The first kappa shape index (κ1) is 11.7. The smallest absolute Gasteiger partial charge is 0.00304 e. The lowest BCUT2D eigenvalue weighted by molar-refractivity contribution is 1.50. The molecule has 0 aliphatic rings. The van der Waals surface area contributed by atoms with E-state index in [9.17, 15) is 0 Å². The predicted molar refractivity (Wildman–Crippen MR) is 78.3 cm³/mol. The summed E-state index contributed by atoms with van der Waals surface area (Å²) in [4.78, 5) is 0. The SMILES string of the molecule is C=c1ccc2cccc3ccc(C)c1c32.CC. The van der Waals surface area contributed by atoms with Crippen LogP contribution in [0.4, 0.5) is 0 Å². The maximum absolute atomic E-state index is 4.11. The molecule has 17 heavy (non-hydrogen) atoms. The average Bonchev–Trinajstić information content (AvgIpc) is 2.38. The Morgan fingerprint density at radius 2 is 1.35 bits per heavy atom. The van der Waals surface area contributed by atoms with Crippen molar-refractivity contribution in [2.24, 2.45) is 0 Å². The third kappa shape index (κ3) is 1.80.